The Bertz CT molecular complexity index is 1250. The molecule has 0 amide bonds. The zero-order valence-electron chi connectivity index (χ0n) is 16.1. The number of pyridine rings is 2. The summed E-state index contributed by atoms with van der Waals surface area (Å²) in [7, 11) is 1.61. The molecule has 0 bridgehead atoms. The first-order valence-corrected chi connectivity index (χ1v) is 9.08. The van der Waals surface area contributed by atoms with Crippen LogP contribution in [-0.4, -0.2) is 22.1 Å². The third kappa shape index (κ3) is 3.66. The number of nitriles is 1. The largest absolute Gasteiger partial charge is 0.495 e. The fraction of sp³-hybridized carbons (Fsp3) is 0.0870. The van der Waals surface area contributed by atoms with Crippen LogP contribution < -0.4 is 10.1 Å². The lowest BCUT2D eigenvalue weighted by atomic mass is 10.1. The molecular formula is C23H19N5O. The van der Waals surface area contributed by atoms with E-state index in [1.54, 1.807) is 31.9 Å². The van der Waals surface area contributed by atoms with Crippen LogP contribution in [0.5, 0.6) is 5.75 Å². The average molecular weight is 381 g/mol. The molecular weight excluding hydrogens is 362 g/mol. The quantitative estimate of drug-likeness (QED) is 0.504. The normalized spacial score (nSPS) is 10.9. The molecule has 0 aliphatic heterocycles. The van der Waals surface area contributed by atoms with E-state index in [2.05, 4.69) is 33.3 Å². The highest BCUT2D eigenvalue weighted by molar-refractivity contribution is 5.90. The summed E-state index contributed by atoms with van der Waals surface area (Å²) in [6, 6.07) is 10.2. The molecule has 0 saturated heterocycles. The van der Waals surface area contributed by atoms with Crippen molar-refractivity contribution in [3.8, 4) is 11.8 Å². The number of aromatic amines is 1. The number of methoxy groups -OCH3 is 1. The minimum absolute atomic E-state index is 0.476. The summed E-state index contributed by atoms with van der Waals surface area (Å²) in [6.07, 6.45) is 12.5. The van der Waals surface area contributed by atoms with E-state index in [-0.39, 0.29) is 0 Å². The van der Waals surface area contributed by atoms with E-state index < -0.39 is 0 Å². The summed E-state index contributed by atoms with van der Waals surface area (Å²) < 4.78 is 5.22. The average Bonchev–Trinajstić information content (AvgIpc) is 3.24. The van der Waals surface area contributed by atoms with Crippen LogP contribution in [0.25, 0.3) is 23.1 Å². The standard InChI is InChI=1S/C23H19N5O/c1-15-20-7-8-27-22(20)6-5-21(15)28-23-17(12-26-13-18(23)10-24)4-3-16-9-19(29-2)14-25-11-16/h3-9,11-14,27H,1-2H3,(H,26,28)/b4-3+. The van der Waals surface area contributed by atoms with Crippen molar-refractivity contribution in [3.05, 3.63) is 77.5 Å². The van der Waals surface area contributed by atoms with Crippen molar-refractivity contribution < 1.29 is 4.74 Å². The number of anilines is 2. The number of fused-ring (bicyclic) bond motifs is 1. The predicted octanol–water partition coefficient (Wildman–Crippen LogP) is 5.06. The summed E-state index contributed by atoms with van der Waals surface area (Å²) in [4.78, 5) is 11.6. The molecule has 0 radical (unpaired) electrons. The summed E-state index contributed by atoms with van der Waals surface area (Å²) in [5, 5.41) is 14.2. The number of hydrogen-bond donors (Lipinski definition) is 2. The van der Waals surface area contributed by atoms with Gasteiger partial charge in [0.15, 0.2) is 0 Å². The molecule has 0 aliphatic rings. The predicted molar refractivity (Wildman–Crippen MR) is 115 cm³/mol. The van der Waals surface area contributed by atoms with Gasteiger partial charge < -0.3 is 15.0 Å². The molecule has 0 aliphatic carbocycles. The fourth-order valence-electron chi connectivity index (χ4n) is 3.21. The molecule has 29 heavy (non-hydrogen) atoms. The van der Waals surface area contributed by atoms with Crippen LogP contribution in [0.4, 0.5) is 11.4 Å². The van der Waals surface area contributed by atoms with E-state index in [0.29, 0.717) is 17.0 Å². The molecule has 0 spiro atoms. The van der Waals surface area contributed by atoms with Gasteiger partial charge in [-0.2, -0.15) is 5.26 Å². The number of ether oxygens (including phenoxy) is 1. The maximum Gasteiger partial charge on any atom is 0.137 e. The molecule has 0 saturated carbocycles. The number of hydrogen-bond acceptors (Lipinski definition) is 5. The Morgan fingerprint density at radius 3 is 2.79 bits per heavy atom. The number of nitrogens with zero attached hydrogens (tertiary/aromatic N) is 3. The topological polar surface area (TPSA) is 86.6 Å². The second kappa shape index (κ2) is 7.87. The van der Waals surface area contributed by atoms with Crippen molar-refractivity contribution in [2.75, 3.05) is 12.4 Å². The molecule has 142 valence electrons. The van der Waals surface area contributed by atoms with Crippen molar-refractivity contribution >= 4 is 34.4 Å². The monoisotopic (exact) mass is 381 g/mol. The number of benzene rings is 1. The van der Waals surface area contributed by atoms with Crippen LogP contribution in [0.15, 0.2) is 55.2 Å². The highest BCUT2D eigenvalue weighted by Crippen LogP contribution is 2.31. The number of rotatable bonds is 5. The molecule has 3 aromatic heterocycles. The van der Waals surface area contributed by atoms with E-state index in [4.69, 9.17) is 4.74 Å². The molecule has 4 aromatic rings. The molecule has 3 heterocycles. The first kappa shape index (κ1) is 18.3. The van der Waals surface area contributed by atoms with Gasteiger partial charge in [0.1, 0.15) is 11.8 Å². The van der Waals surface area contributed by atoms with Crippen molar-refractivity contribution in [2.45, 2.75) is 6.92 Å². The van der Waals surface area contributed by atoms with Gasteiger partial charge >= 0.3 is 0 Å². The van der Waals surface area contributed by atoms with Crippen LogP contribution in [-0.2, 0) is 0 Å². The Morgan fingerprint density at radius 2 is 1.97 bits per heavy atom. The second-order valence-electron chi connectivity index (χ2n) is 6.56. The lowest BCUT2D eigenvalue weighted by Gasteiger charge is -2.14. The number of H-pyrrole nitrogens is 1. The maximum atomic E-state index is 9.60. The highest BCUT2D eigenvalue weighted by Gasteiger charge is 2.11. The van der Waals surface area contributed by atoms with E-state index in [9.17, 15) is 5.26 Å². The summed E-state index contributed by atoms with van der Waals surface area (Å²) in [5.74, 6) is 0.685. The number of nitrogens with one attached hydrogen (secondary N) is 2. The van der Waals surface area contributed by atoms with Crippen LogP contribution in [0, 0.1) is 18.3 Å². The Hall–Kier alpha value is -4.11. The first-order chi connectivity index (χ1) is 14.2. The Kier molecular flexibility index (Phi) is 4.95. The zero-order valence-corrected chi connectivity index (χ0v) is 16.1. The van der Waals surface area contributed by atoms with Crippen LogP contribution in [0.1, 0.15) is 22.3 Å². The SMILES string of the molecule is COc1cncc(/C=C/c2cncc(C#N)c2Nc2ccc3[nH]ccc3c2C)c1. The van der Waals surface area contributed by atoms with Crippen LogP contribution in [0.3, 0.4) is 0 Å². The molecule has 1 aromatic carbocycles. The third-order valence-corrected chi connectivity index (χ3v) is 4.78. The van der Waals surface area contributed by atoms with Gasteiger partial charge in [0.2, 0.25) is 0 Å². The third-order valence-electron chi connectivity index (χ3n) is 4.78. The maximum absolute atomic E-state index is 9.60. The van der Waals surface area contributed by atoms with Gasteiger partial charge in [0.05, 0.1) is 24.6 Å². The van der Waals surface area contributed by atoms with Gasteiger partial charge in [-0.05, 0) is 42.3 Å². The van der Waals surface area contributed by atoms with Crippen molar-refractivity contribution in [1.29, 1.82) is 5.26 Å². The Balaban J connectivity index is 1.73. The molecule has 6 nitrogen and oxygen atoms in total. The lowest BCUT2D eigenvalue weighted by Crippen LogP contribution is -1.99. The zero-order chi connectivity index (χ0) is 20.2. The number of aromatic nitrogens is 3. The van der Waals surface area contributed by atoms with Crippen molar-refractivity contribution in [3.63, 3.8) is 0 Å². The summed E-state index contributed by atoms with van der Waals surface area (Å²) in [5.41, 5.74) is 6.02. The summed E-state index contributed by atoms with van der Waals surface area (Å²) in [6.45, 7) is 2.06. The van der Waals surface area contributed by atoms with E-state index in [1.165, 1.54) is 0 Å². The highest BCUT2D eigenvalue weighted by atomic mass is 16.5. The van der Waals surface area contributed by atoms with Crippen molar-refractivity contribution in [2.24, 2.45) is 0 Å². The lowest BCUT2D eigenvalue weighted by molar-refractivity contribution is 0.413. The summed E-state index contributed by atoms with van der Waals surface area (Å²) >= 11 is 0. The Labute approximate surface area is 168 Å². The van der Waals surface area contributed by atoms with Crippen molar-refractivity contribution in [1.82, 2.24) is 15.0 Å². The Morgan fingerprint density at radius 1 is 1.10 bits per heavy atom. The smallest absolute Gasteiger partial charge is 0.137 e. The van der Waals surface area contributed by atoms with Crippen LogP contribution in [0.2, 0.25) is 0 Å². The first-order valence-electron chi connectivity index (χ1n) is 9.08. The fourth-order valence-corrected chi connectivity index (χ4v) is 3.21. The van der Waals surface area contributed by atoms with Gasteiger partial charge in [-0.15, -0.1) is 0 Å². The van der Waals surface area contributed by atoms with Gasteiger partial charge in [-0.1, -0.05) is 12.2 Å². The van der Waals surface area contributed by atoms with Gasteiger partial charge in [0, 0.05) is 46.9 Å². The molecule has 0 atom stereocenters. The molecule has 0 unspecified atom stereocenters. The van der Waals surface area contributed by atoms with E-state index in [1.807, 2.05) is 42.6 Å². The molecule has 0 fully saturated rings. The van der Waals surface area contributed by atoms with Crippen LogP contribution >= 0.6 is 0 Å². The molecule has 2 N–H and O–H groups in total. The van der Waals surface area contributed by atoms with Gasteiger partial charge in [-0.25, -0.2) is 0 Å². The minimum atomic E-state index is 0.476. The molecule has 6 heteroatoms. The van der Waals surface area contributed by atoms with E-state index in [0.717, 1.165) is 33.3 Å². The number of aryl methyl sites for hydroxylation is 1. The minimum Gasteiger partial charge on any atom is -0.495 e. The molecule has 4 rings (SSSR count). The van der Waals surface area contributed by atoms with Gasteiger partial charge in [-0.3, -0.25) is 9.97 Å². The second-order valence-corrected chi connectivity index (χ2v) is 6.56. The van der Waals surface area contributed by atoms with E-state index >= 15 is 0 Å². The van der Waals surface area contributed by atoms with Gasteiger partial charge in [0.25, 0.3) is 0 Å².